The zero-order valence-electron chi connectivity index (χ0n) is 22.3. The second-order valence-corrected chi connectivity index (χ2v) is 11.4. The number of anilines is 1. The fourth-order valence-corrected chi connectivity index (χ4v) is 5.02. The first-order chi connectivity index (χ1) is 18.0. The summed E-state index contributed by atoms with van der Waals surface area (Å²) in [5.41, 5.74) is 0.859. The number of ether oxygens (including phenoxy) is 2. The first kappa shape index (κ1) is 31.5. The van der Waals surface area contributed by atoms with Crippen LogP contribution in [-0.4, -0.2) is 64.7 Å². The van der Waals surface area contributed by atoms with Gasteiger partial charge in [0.1, 0.15) is 12.6 Å². The van der Waals surface area contributed by atoms with Crippen LogP contribution >= 0.6 is 23.2 Å². The van der Waals surface area contributed by atoms with Crippen LogP contribution in [0, 0.1) is 0 Å². The summed E-state index contributed by atoms with van der Waals surface area (Å²) in [6.45, 7) is 3.77. The maximum Gasteiger partial charge on any atom is 0.244 e. The molecule has 0 aromatic heterocycles. The van der Waals surface area contributed by atoms with Crippen LogP contribution in [0.4, 0.5) is 5.69 Å². The Hall–Kier alpha value is -2.69. The number of rotatable bonds is 14. The van der Waals surface area contributed by atoms with Crippen LogP contribution in [0.2, 0.25) is 10.0 Å². The van der Waals surface area contributed by atoms with Crippen molar-refractivity contribution in [3.8, 4) is 11.5 Å². The summed E-state index contributed by atoms with van der Waals surface area (Å²) in [7, 11) is -1.00. The molecule has 2 amide bonds. The van der Waals surface area contributed by atoms with Crippen molar-refractivity contribution in [1.82, 2.24) is 10.2 Å². The number of amides is 2. The van der Waals surface area contributed by atoms with Crippen LogP contribution in [0.25, 0.3) is 0 Å². The number of nitrogens with zero attached hydrogens (tertiary/aromatic N) is 2. The SMILES string of the molecule is CCCCNC(=O)[C@H](CC)N(Cc1ccc(Cl)c(Cl)c1)C(=O)CN(c1ccc(OC)c(OC)c1)S(C)(=O)=O. The molecule has 0 aliphatic rings. The highest BCUT2D eigenvalue weighted by Crippen LogP contribution is 2.32. The molecule has 2 rings (SSSR count). The molecule has 38 heavy (non-hydrogen) atoms. The van der Waals surface area contributed by atoms with E-state index < -0.39 is 28.5 Å². The van der Waals surface area contributed by atoms with E-state index in [4.69, 9.17) is 32.7 Å². The van der Waals surface area contributed by atoms with Crippen molar-refractivity contribution in [2.75, 3.05) is 37.9 Å². The molecule has 0 unspecified atom stereocenters. The lowest BCUT2D eigenvalue weighted by atomic mass is 10.1. The Labute approximate surface area is 235 Å². The maximum atomic E-state index is 13.8. The monoisotopic (exact) mass is 587 g/mol. The first-order valence-electron chi connectivity index (χ1n) is 12.2. The Balaban J connectivity index is 2.48. The predicted molar refractivity (Wildman–Crippen MR) is 151 cm³/mol. The van der Waals surface area contributed by atoms with Crippen LogP contribution in [0.15, 0.2) is 36.4 Å². The summed E-state index contributed by atoms with van der Waals surface area (Å²) >= 11 is 12.2. The van der Waals surface area contributed by atoms with Gasteiger partial charge in [-0.3, -0.25) is 13.9 Å². The standard InChI is InChI=1S/C26H35Cl2N3O6S/c1-6-8-13-29-26(33)22(7-2)30(16-18-9-11-20(27)21(28)14-18)25(32)17-31(38(5,34)35)19-10-12-23(36-3)24(15-19)37-4/h9-12,14-15,22H,6-8,13,16-17H2,1-5H3,(H,29,33)/t22-/m0/s1. The third-order valence-electron chi connectivity index (χ3n) is 5.89. The van der Waals surface area contributed by atoms with Crippen molar-refractivity contribution in [2.45, 2.75) is 45.7 Å². The fraction of sp³-hybridized carbons (Fsp3) is 0.462. The lowest BCUT2D eigenvalue weighted by molar-refractivity contribution is -0.140. The Morgan fingerprint density at radius 3 is 2.24 bits per heavy atom. The molecule has 0 fully saturated rings. The number of sulfonamides is 1. The second-order valence-electron chi connectivity index (χ2n) is 8.65. The van der Waals surface area contributed by atoms with Crippen molar-refractivity contribution < 1.29 is 27.5 Å². The van der Waals surface area contributed by atoms with E-state index in [2.05, 4.69) is 5.32 Å². The van der Waals surface area contributed by atoms with Crippen molar-refractivity contribution in [2.24, 2.45) is 0 Å². The van der Waals surface area contributed by atoms with Crippen molar-refractivity contribution >= 4 is 50.7 Å². The van der Waals surface area contributed by atoms with Crippen molar-refractivity contribution in [3.05, 3.63) is 52.0 Å². The maximum absolute atomic E-state index is 13.8. The van der Waals surface area contributed by atoms with Crippen LogP contribution in [0.1, 0.15) is 38.7 Å². The van der Waals surface area contributed by atoms with Gasteiger partial charge in [-0.1, -0.05) is 49.5 Å². The van der Waals surface area contributed by atoms with E-state index in [9.17, 15) is 18.0 Å². The number of hydrogen-bond acceptors (Lipinski definition) is 6. The molecule has 0 bridgehead atoms. The number of hydrogen-bond donors (Lipinski definition) is 1. The van der Waals surface area contributed by atoms with E-state index in [1.807, 2.05) is 6.92 Å². The van der Waals surface area contributed by atoms with E-state index in [0.29, 0.717) is 40.1 Å². The van der Waals surface area contributed by atoms with Crippen LogP contribution in [0.5, 0.6) is 11.5 Å². The highest BCUT2D eigenvalue weighted by atomic mass is 35.5. The van der Waals surface area contributed by atoms with Gasteiger partial charge in [-0.15, -0.1) is 0 Å². The van der Waals surface area contributed by atoms with Gasteiger partial charge in [-0.25, -0.2) is 8.42 Å². The van der Waals surface area contributed by atoms with Crippen LogP contribution in [0.3, 0.4) is 0 Å². The van der Waals surface area contributed by atoms with E-state index in [-0.39, 0.29) is 18.1 Å². The van der Waals surface area contributed by atoms with Gasteiger partial charge >= 0.3 is 0 Å². The molecule has 9 nitrogen and oxygen atoms in total. The average Bonchev–Trinajstić information content (AvgIpc) is 2.88. The largest absolute Gasteiger partial charge is 0.493 e. The lowest BCUT2D eigenvalue weighted by Crippen LogP contribution is -2.52. The smallest absolute Gasteiger partial charge is 0.244 e. The van der Waals surface area contributed by atoms with E-state index in [1.54, 1.807) is 31.2 Å². The molecule has 0 heterocycles. The summed E-state index contributed by atoms with van der Waals surface area (Å²) in [5, 5.41) is 3.54. The molecule has 12 heteroatoms. The van der Waals surface area contributed by atoms with E-state index in [1.165, 1.54) is 31.3 Å². The Kier molecular flexibility index (Phi) is 12.0. The molecule has 2 aromatic carbocycles. The molecule has 2 aromatic rings. The normalized spacial score (nSPS) is 12.0. The van der Waals surface area contributed by atoms with Crippen LogP contribution in [-0.2, 0) is 26.2 Å². The minimum atomic E-state index is -3.90. The van der Waals surface area contributed by atoms with Gasteiger partial charge in [0, 0.05) is 19.2 Å². The summed E-state index contributed by atoms with van der Waals surface area (Å²) in [6.07, 6.45) is 3.02. The molecule has 0 radical (unpaired) electrons. The Bertz CT molecular complexity index is 1230. The van der Waals surface area contributed by atoms with E-state index >= 15 is 0 Å². The highest BCUT2D eigenvalue weighted by molar-refractivity contribution is 7.92. The summed E-state index contributed by atoms with van der Waals surface area (Å²) in [5.74, 6) is -0.160. The molecule has 0 saturated carbocycles. The van der Waals surface area contributed by atoms with Gasteiger partial charge < -0.3 is 19.7 Å². The first-order valence-corrected chi connectivity index (χ1v) is 14.8. The zero-order chi connectivity index (χ0) is 28.5. The third-order valence-corrected chi connectivity index (χ3v) is 7.77. The summed E-state index contributed by atoms with van der Waals surface area (Å²) in [6, 6.07) is 8.66. The summed E-state index contributed by atoms with van der Waals surface area (Å²) < 4.78 is 37.1. The average molecular weight is 589 g/mol. The topological polar surface area (TPSA) is 105 Å². The third kappa shape index (κ3) is 8.41. The number of halogens is 2. The fourth-order valence-electron chi connectivity index (χ4n) is 3.85. The highest BCUT2D eigenvalue weighted by Gasteiger charge is 2.32. The Morgan fingerprint density at radius 1 is 1.00 bits per heavy atom. The molecule has 1 N–H and O–H groups in total. The van der Waals surface area contributed by atoms with Gasteiger partial charge in [-0.2, -0.15) is 0 Å². The number of methoxy groups -OCH3 is 2. The molecular formula is C26H35Cl2N3O6S. The molecular weight excluding hydrogens is 553 g/mol. The van der Waals surface area contributed by atoms with Gasteiger partial charge in [-0.05, 0) is 42.7 Å². The molecule has 0 spiro atoms. The minimum absolute atomic E-state index is 0.0267. The molecule has 210 valence electrons. The van der Waals surface area contributed by atoms with Gasteiger partial charge in [0.05, 0.1) is 36.2 Å². The quantitative estimate of drug-likeness (QED) is 0.326. The predicted octanol–water partition coefficient (Wildman–Crippen LogP) is 4.50. The molecule has 0 saturated heterocycles. The Morgan fingerprint density at radius 2 is 1.68 bits per heavy atom. The molecule has 0 aliphatic heterocycles. The lowest BCUT2D eigenvalue weighted by Gasteiger charge is -2.33. The second kappa shape index (κ2) is 14.5. The van der Waals surface area contributed by atoms with Gasteiger partial charge in [0.15, 0.2) is 11.5 Å². The van der Waals surface area contributed by atoms with Gasteiger partial charge in [0.25, 0.3) is 0 Å². The number of carbonyl (C=O) groups excluding carboxylic acids is 2. The molecule has 1 atom stereocenters. The van der Waals surface area contributed by atoms with Crippen molar-refractivity contribution in [3.63, 3.8) is 0 Å². The minimum Gasteiger partial charge on any atom is -0.493 e. The van der Waals surface area contributed by atoms with Crippen molar-refractivity contribution in [1.29, 1.82) is 0 Å². The number of unbranched alkanes of at least 4 members (excludes halogenated alkanes) is 1. The van der Waals surface area contributed by atoms with E-state index in [0.717, 1.165) is 23.4 Å². The van der Waals surface area contributed by atoms with Gasteiger partial charge in [0.2, 0.25) is 21.8 Å². The number of benzene rings is 2. The molecule has 0 aliphatic carbocycles. The van der Waals surface area contributed by atoms with Crippen LogP contribution < -0.4 is 19.1 Å². The number of nitrogens with one attached hydrogen (secondary N) is 1. The number of carbonyl (C=O) groups is 2. The summed E-state index contributed by atoms with van der Waals surface area (Å²) in [4.78, 5) is 28.2. The zero-order valence-corrected chi connectivity index (χ0v) is 24.6.